The van der Waals surface area contributed by atoms with Gasteiger partial charge in [-0.3, -0.25) is 0 Å². The molecule has 1 aromatic rings. The molecular formula is C16H17NO5. The van der Waals surface area contributed by atoms with E-state index in [1.54, 1.807) is 12.2 Å². The highest BCUT2D eigenvalue weighted by atomic mass is 16.5. The van der Waals surface area contributed by atoms with E-state index in [9.17, 15) is 9.59 Å². The first kappa shape index (κ1) is 15.6. The minimum Gasteiger partial charge on any atom is -0.484 e. The average Bonchev–Trinajstić information content (AvgIpc) is 3.00. The van der Waals surface area contributed by atoms with Crippen molar-refractivity contribution in [3.05, 3.63) is 53.8 Å². The van der Waals surface area contributed by atoms with Gasteiger partial charge in [0.2, 0.25) is 0 Å². The Morgan fingerprint density at radius 3 is 2.59 bits per heavy atom. The van der Waals surface area contributed by atoms with Gasteiger partial charge in [0.25, 0.3) is 0 Å². The number of methoxy groups -OCH3 is 2. The number of ether oxygens (including phenoxy) is 3. The van der Waals surface area contributed by atoms with Crippen molar-refractivity contribution >= 4 is 18.1 Å². The topological polar surface area (TPSA) is 73.9 Å². The van der Waals surface area contributed by atoms with Gasteiger partial charge in [-0.25, -0.2) is 9.59 Å². The SMILES string of the molecule is COC(=O)N[C@@H](C(=O)OC)[C@@H]1C=C/C(=C/c2ccccc2)O1. The second-order valence-corrected chi connectivity index (χ2v) is 4.54. The van der Waals surface area contributed by atoms with E-state index in [4.69, 9.17) is 4.74 Å². The van der Waals surface area contributed by atoms with E-state index < -0.39 is 24.2 Å². The molecular weight excluding hydrogens is 286 g/mol. The number of benzene rings is 1. The number of rotatable bonds is 4. The van der Waals surface area contributed by atoms with Crippen LogP contribution in [0.1, 0.15) is 5.56 Å². The van der Waals surface area contributed by atoms with Crippen molar-refractivity contribution in [2.75, 3.05) is 14.2 Å². The molecule has 0 fully saturated rings. The van der Waals surface area contributed by atoms with Crippen molar-refractivity contribution in [1.82, 2.24) is 5.32 Å². The van der Waals surface area contributed by atoms with Gasteiger partial charge < -0.3 is 19.5 Å². The van der Waals surface area contributed by atoms with Crippen LogP contribution >= 0.6 is 0 Å². The summed E-state index contributed by atoms with van der Waals surface area (Å²) in [6.07, 6.45) is 3.89. The molecule has 6 nitrogen and oxygen atoms in total. The number of hydrogen-bond donors (Lipinski definition) is 1. The Labute approximate surface area is 128 Å². The van der Waals surface area contributed by atoms with Crippen LogP contribution in [-0.2, 0) is 19.0 Å². The summed E-state index contributed by atoms with van der Waals surface area (Å²) in [5.74, 6) is -0.0159. The molecule has 0 aromatic heterocycles. The predicted molar refractivity (Wildman–Crippen MR) is 79.8 cm³/mol. The number of hydrogen-bond acceptors (Lipinski definition) is 5. The van der Waals surface area contributed by atoms with Crippen molar-refractivity contribution in [1.29, 1.82) is 0 Å². The molecule has 116 valence electrons. The van der Waals surface area contributed by atoms with Crippen LogP contribution in [0.15, 0.2) is 48.2 Å². The van der Waals surface area contributed by atoms with E-state index in [0.717, 1.165) is 5.56 Å². The molecule has 1 aliphatic rings. The van der Waals surface area contributed by atoms with Crippen LogP contribution in [0.4, 0.5) is 4.79 Å². The largest absolute Gasteiger partial charge is 0.484 e. The number of carbonyl (C=O) groups is 2. The van der Waals surface area contributed by atoms with Crippen molar-refractivity contribution in [3.63, 3.8) is 0 Å². The summed E-state index contributed by atoms with van der Waals surface area (Å²) in [4.78, 5) is 23.1. The van der Waals surface area contributed by atoms with E-state index in [-0.39, 0.29) is 0 Å². The minimum absolute atomic E-state index is 0.594. The summed E-state index contributed by atoms with van der Waals surface area (Å²) in [5.41, 5.74) is 0.971. The minimum atomic E-state index is -0.977. The zero-order chi connectivity index (χ0) is 15.9. The number of carbonyl (C=O) groups excluding carboxylic acids is 2. The Kier molecular flexibility index (Phi) is 5.19. The zero-order valence-corrected chi connectivity index (χ0v) is 12.3. The van der Waals surface area contributed by atoms with Crippen LogP contribution in [0.3, 0.4) is 0 Å². The Balaban J connectivity index is 2.09. The third kappa shape index (κ3) is 3.88. The van der Waals surface area contributed by atoms with Crippen LogP contribution in [0.5, 0.6) is 0 Å². The van der Waals surface area contributed by atoms with E-state index in [1.165, 1.54) is 14.2 Å². The zero-order valence-electron chi connectivity index (χ0n) is 12.3. The van der Waals surface area contributed by atoms with Crippen molar-refractivity contribution < 1.29 is 23.8 Å². The van der Waals surface area contributed by atoms with Gasteiger partial charge >= 0.3 is 12.1 Å². The van der Waals surface area contributed by atoms with Gasteiger partial charge in [-0.05, 0) is 23.8 Å². The van der Waals surface area contributed by atoms with E-state index in [2.05, 4.69) is 14.8 Å². The first-order chi connectivity index (χ1) is 10.6. The fourth-order valence-electron chi connectivity index (χ4n) is 1.99. The van der Waals surface area contributed by atoms with Gasteiger partial charge in [-0.1, -0.05) is 30.3 Å². The third-order valence-electron chi connectivity index (χ3n) is 3.07. The molecule has 0 unspecified atom stereocenters. The molecule has 1 amide bonds. The number of nitrogens with one attached hydrogen (secondary N) is 1. The summed E-state index contributed by atoms with van der Waals surface area (Å²) in [6.45, 7) is 0. The predicted octanol–water partition coefficient (Wildman–Crippen LogP) is 1.88. The standard InChI is InChI=1S/C16H17NO5/c1-20-15(18)14(17-16(19)21-2)13-9-8-12(22-13)10-11-6-4-3-5-7-11/h3-10,13-14H,1-2H3,(H,17,19)/b12-10-/t13-,14+/m0/s1. The fraction of sp³-hybridized carbons (Fsp3) is 0.250. The Morgan fingerprint density at radius 1 is 1.23 bits per heavy atom. The van der Waals surface area contributed by atoms with Gasteiger partial charge in [0.1, 0.15) is 11.9 Å². The molecule has 0 saturated heterocycles. The molecule has 0 spiro atoms. The summed E-state index contributed by atoms with van der Waals surface area (Å²) < 4.78 is 14.9. The Morgan fingerprint density at radius 2 is 1.95 bits per heavy atom. The van der Waals surface area contributed by atoms with Gasteiger partial charge in [0.05, 0.1) is 14.2 Å². The Hall–Kier alpha value is -2.76. The van der Waals surface area contributed by atoms with Crippen molar-refractivity contribution in [2.24, 2.45) is 0 Å². The molecule has 2 atom stereocenters. The van der Waals surface area contributed by atoms with Gasteiger partial charge in [-0.15, -0.1) is 0 Å². The number of alkyl carbamates (subject to hydrolysis) is 1. The van der Waals surface area contributed by atoms with Crippen LogP contribution in [0.2, 0.25) is 0 Å². The van der Waals surface area contributed by atoms with Crippen molar-refractivity contribution in [2.45, 2.75) is 12.1 Å². The maximum Gasteiger partial charge on any atom is 0.407 e. The van der Waals surface area contributed by atoms with E-state index in [0.29, 0.717) is 5.76 Å². The monoisotopic (exact) mass is 303 g/mol. The van der Waals surface area contributed by atoms with Crippen LogP contribution < -0.4 is 5.32 Å². The molecule has 2 rings (SSSR count). The van der Waals surface area contributed by atoms with Crippen molar-refractivity contribution in [3.8, 4) is 0 Å². The summed E-state index contributed by atoms with van der Waals surface area (Å²) in [7, 11) is 2.46. The highest BCUT2D eigenvalue weighted by Crippen LogP contribution is 2.21. The maximum atomic E-state index is 11.8. The number of amides is 1. The molecule has 22 heavy (non-hydrogen) atoms. The van der Waals surface area contributed by atoms with Gasteiger partial charge in [-0.2, -0.15) is 0 Å². The fourth-order valence-corrected chi connectivity index (χ4v) is 1.99. The third-order valence-corrected chi connectivity index (χ3v) is 3.07. The Bertz CT molecular complexity index is 594. The lowest BCUT2D eigenvalue weighted by atomic mass is 10.1. The highest BCUT2D eigenvalue weighted by molar-refractivity contribution is 5.82. The van der Waals surface area contributed by atoms with Gasteiger partial charge in [0.15, 0.2) is 6.04 Å². The maximum absolute atomic E-state index is 11.8. The molecule has 0 saturated carbocycles. The molecule has 6 heteroatoms. The van der Waals surface area contributed by atoms with Crippen LogP contribution in [0, 0.1) is 0 Å². The average molecular weight is 303 g/mol. The smallest absolute Gasteiger partial charge is 0.407 e. The van der Waals surface area contributed by atoms with Crippen LogP contribution in [-0.4, -0.2) is 38.4 Å². The molecule has 0 bridgehead atoms. The summed E-state index contributed by atoms with van der Waals surface area (Å²) in [5, 5.41) is 2.40. The first-order valence-electron chi connectivity index (χ1n) is 6.68. The molecule has 0 radical (unpaired) electrons. The second kappa shape index (κ2) is 7.31. The van der Waals surface area contributed by atoms with Crippen LogP contribution in [0.25, 0.3) is 6.08 Å². The van der Waals surface area contributed by atoms with Gasteiger partial charge in [0, 0.05) is 0 Å². The lowest BCUT2D eigenvalue weighted by Crippen LogP contribution is -2.48. The molecule has 0 aliphatic carbocycles. The summed E-state index contributed by atoms with van der Waals surface area (Å²) in [6, 6.07) is 8.64. The van der Waals surface area contributed by atoms with E-state index in [1.807, 2.05) is 36.4 Å². The lowest BCUT2D eigenvalue weighted by molar-refractivity contribution is -0.145. The normalized spacial score (nSPS) is 19.4. The number of allylic oxidation sites excluding steroid dienone is 1. The second-order valence-electron chi connectivity index (χ2n) is 4.54. The molecule has 1 N–H and O–H groups in total. The number of esters is 1. The quantitative estimate of drug-likeness (QED) is 0.860. The lowest BCUT2D eigenvalue weighted by Gasteiger charge is -2.21. The van der Waals surface area contributed by atoms with E-state index >= 15 is 0 Å². The highest BCUT2D eigenvalue weighted by Gasteiger charge is 2.33. The molecule has 1 aliphatic heterocycles. The molecule has 1 aromatic carbocycles. The first-order valence-corrected chi connectivity index (χ1v) is 6.68. The summed E-state index contributed by atoms with van der Waals surface area (Å²) >= 11 is 0. The molecule has 1 heterocycles.